The Balaban J connectivity index is 4.35. The van der Waals surface area contributed by atoms with E-state index in [1.165, 1.54) is 0 Å². The highest BCUT2D eigenvalue weighted by Crippen LogP contribution is 2.08. The molecule has 0 aromatic heterocycles. The molecule has 0 fully saturated rings. The Bertz CT molecular complexity index is 111. The third-order valence-corrected chi connectivity index (χ3v) is 13.2. The molecule has 0 aliphatic heterocycles. The molecule has 0 aromatic rings. The van der Waals surface area contributed by atoms with Crippen LogP contribution >= 0.6 is 0 Å². The zero-order valence-corrected chi connectivity index (χ0v) is 11.5. The lowest BCUT2D eigenvalue weighted by Crippen LogP contribution is -2.64. The fourth-order valence-electron chi connectivity index (χ4n) is 1.60. The predicted octanol–water partition coefficient (Wildman–Crippen LogP) is 1.45. The van der Waals surface area contributed by atoms with Gasteiger partial charge in [-0.3, -0.25) is 0 Å². The number of hydrogen-bond acceptors (Lipinski definition) is 2. The van der Waals surface area contributed by atoms with E-state index < -0.39 is 8.40 Å². The van der Waals surface area contributed by atoms with Gasteiger partial charge in [-0.2, -0.15) is 0 Å². The van der Waals surface area contributed by atoms with Crippen molar-refractivity contribution in [2.24, 2.45) is 5.40 Å². The normalized spacial score (nSPS) is 13.6. The maximum Gasteiger partial charge on any atom is 0.181 e. The molecule has 0 atom stereocenters. The van der Waals surface area contributed by atoms with Crippen LogP contribution in [0.15, 0.2) is 0 Å². The van der Waals surface area contributed by atoms with Gasteiger partial charge in [0.05, 0.1) is 0 Å². The minimum absolute atomic E-state index is 0.315. The molecule has 0 aliphatic rings. The van der Waals surface area contributed by atoms with Crippen molar-refractivity contribution >= 4 is 26.3 Å². The molecule has 2 N–H and O–H groups in total. The SMILES string of the molecule is C[Si](C)N([Si](C)C)[Si](C)(C)N. The monoisotopic (exact) mass is 204 g/mol. The van der Waals surface area contributed by atoms with E-state index in [-0.39, 0.29) is 17.9 Å². The Morgan fingerprint density at radius 1 is 1.00 bits per heavy atom. The molecule has 0 bridgehead atoms. The zero-order chi connectivity index (χ0) is 9.23. The lowest BCUT2D eigenvalue weighted by molar-refractivity contribution is 0.950. The minimum Gasteiger partial charge on any atom is -0.358 e. The van der Waals surface area contributed by atoms with Gasteiger partial charge in [-0.25, -0.2) is 0 Å². The number of nitrogens with two attached hydrogens (primary N) is 1. The minimum atomic E-state index is -1.49. The van der Waals surface area contributed by atoms with E-state index in [1.54, 1.807) is 0 Å². The van der Waals surface area contributed by atoms with Crippen LogP contribution in [-0.2, 0) is 0 Å². The molecule has 66 valence electrons. The van der Waals surface area contributed by atoms with Gasteiger partial charge in [-0.05, 0) is 13.1 Å². The van der Waals surface area contributed by atoms with E-state index in [0.717, 1.165) is 0 Å². The fourth-order valence-corrected chi connectivity index (χ4v) is 14.4. The highest BCUT2D eigenvalue weighted by Gasteiger charge is 2.30. The molecule has 0 saturated carbocycles. The smallest absolute Gasteiger partial charge is 0.181 e. The third kappa shape index (κ3) is 3.66. The molecular weight excluding hydrogens is 184 g/mol. The summed E-state index contributed by atoms with van der Waals surface area (Å²) >= 11 is 0. The zero-order valence-electron chi connectivity index (χ0n) is 8.52. The van der Waals surface area contributed by atoms with Crippen molar-refractivity contribution in [2.45, 2.75) is 39.3 Å². The van der Waals surface area contributed by atoms with Gasteiger partial charge in [-0.1, -0.05) is 26.2 Å². The summed E-state index contributed by atoms with van der Waals surface area (Å²) in [4.78, 5) is 0. The van der Waals surface area contributed by atoms with Gasteiger partial charge in [0.2, 0.25) is 0 Å². The molecule has 0 saturated heterocycles. The van der Waals surface area contributed by atoms with E-state index in [2.05, 4.69) is 43.2 Å². The average molecular weight is 204 g/mol. The van der Waals surface area contributed by atoms with Crippen molar-refractivity contribution in [3.05, 3.63) is 0 Å². The Hall–Kier alpha value is 0.571. The van der Waals surface area contributed by atoms with Crippen molar-refractivity contribution in [2.75, 3.05) is 0 Å². The van der Waals surface area contributed by atoms with Crippen molar-refractivity contribution < 1.29 is 0 Å². The van der Waals surface area contributed by atoms with Gasteiger partial charge in [0.15, 0.2) is 8.40 Å². The standard InChI is InChI=1S/C6H20N2Si3/c1-9(2)8(10(3)4)11(5,6)7/h7H2,1-6H3. The predicted molar refractivity (Wildman–Crippen MR) is 58.5 cm³/mol. The maximum absolute atomic E-state index is 6.20. The molecule has 2 nitrogen and oxygen atoms in total. The van der Waals surface area contributed by atoms with Gasteiger partial charge in [0.1, 0.15) is 17.9 Å². The maximum atomic E-state index is 6.20. The summed E-state index contributed by atoms with van der Waals surface area (Å²) in [6, 6.07) is 0. The van der Waals surface area contributed by atoms with E-state index in [0.29, 0.717) is 0 Å². The van der Waals surface area contributed by atoms with Crippen molar-refractivity contribution in [3.8, 4) is 0 Å². The Morgan fingerprint density at radius 3 is 1.27 bits per heavy atom. The molecule has 0 spiro atoms. The Morgan fingerprint density at radius 2 is 1.27 bits per heavy atom. The second-order valence-corrected chi connectivity index (χ2v) is 13.7. The largest absolute Gasteiger partial charge is 0.358 e. The second-order valence-electron chi connectivity index (χ2n) is 3.88. The Kier molecular flexibility index (Phi) is 4.20. The second kappa shape index (κ2) is 3.99. The van der Waals surface area contributed by atoms with Gasteiger partial charge in [-0.15, -0.1) is 0 Å². The molecule has 0 unspecified atom stereocenters. The Labute approximate surface area is 75.3 Å². The summed E-state index contributed by atoms with van der Waals surface area (Å²) in [6.07, 6.45) is 0. The number of rotatable bonds is 3. The summed E-state index contributed by atoms with van der Waals surface area (Å²) in [6.45, 7) is 13.8. The molecule has 0 heterocycles. The summed E-state index contributed by atoms with van der Waals surface area (Å²) in [5, 5.41) is 6.20. The van der Waals surface area contributed by atoms with Crippen LogP contribution in [-0.4, -0.2) is 30.2 Å². The van der Waals surface area contributed by atoms with Crippen LogP contribution in [0.4, 0.5) is 0 Å². The van der Waals surface area contributed by atoms with Crippen LogP contribution < -0.4 is 5.40 Å². The molecule has 0 aromatic carbocycles. The van der Waals surface area contributed by atoms with Crippen LogP contribution in [0.25, 0.3) is 0 Å². The topological polar surface area (TPSA) is 29.3 Å². The molecule has 2 radical (unpaired) electrons. The van der Waals surface area contributed by atoms with Crippen LogP contribution in [0, 0.1) is 0 Å². The molecule has 0 aliphatic carbocycles. The average Bonchev–Trinajstić information content (AvgIpc) is 1.54. The van der Waals surface area contributed by atoms with Crippen LogP contribution in [0.2, 0.25) is 39.3 Å². The molecule has 0 rings (SSSR count). The van der Waals surface area contributed by atoms with E-state index in [4.69, 9.17) is 5.40 Å². The van der Waals surface area contributed by atoms with E-state index in [9.17, 15) is 0 Å². The number of nitrogens with zero attached hydrogens (tertiary/aromatic N) is 1. The van der Waals surface area contributed by atoms with Crippen LogP contribution in [0.1, 0.15) is 0 Å². The molecule has 11 heavy (non-hydrogen) atoms. The highest BCUT2D eigenvalue weighted by molar-refractivity contribution is 6.91. The summed E-state index contributed by atoms with van der Waals surface area (Å²) in [7, 11) is -2.12. The van der Waals surface area contributed by atoms with Crippen molar-refractivity contribution in [1.29, 1.82) is 0 Å². The summed E-state index contributed by atoms with van der Waals surface area (Å²) in [5.74, 6) is 0. The van der Waals surface area contributed by atoms with Gasteiger partial charge < -0.3 is 9.30 Å². The van der Waals surface area contributed by atoms with Crippen LogP contribution in [0.3, 0.4) is 0 Å². The first-order chi connectivity index (χ1) is 4.76. The lowest BCUT2D eigenvalue weighted by Gasteiger charge is -2.39. The first kappa shape index (κ1) is 11.6. The fraction of sp³-hybridized carbons (Fsp3) is 1.00. The number of hydrogen-bond donors (Lipinski definition) is 1. The quantitative estimate of drug-likeness (QED) is 0.705. The summed E-state index contributed by atoms with van der Waals surface area (Å²) in [5.41, 5.74) is 0. The summed E-state index contributed by atoms with van der Waals surface area (Å²) < 4.78 is 2.64. The van der Waals surface area contributed by atoms with Gasteiger partial charge in [0, 0.05) is 0 Å². The van der Waals surface area contributed by atoms with E-state index >= 15 is 0 Å². The molecular formula is C6H20N2Si3. The van der Waals surface area contributed by atoms with Crippen LogP contribution in [0.5, 0.6) is 0 Å². The molecule has 0 amide bonds. The molecule has 5 heteroatoms. The highest BCUT2D eigenvalue weighted by atomic mass is 28.4. The van der Waals surface area contributed by atoms with Crippen molar-refractivity contribution in [1.82, 2.24) is 3.90 Å². The van der Waals surface area contributed by atoms with Gasteiger partial charge >= 0.3 is 0 Å². The third-order valence-electron chi connectivity index (χ3n) is 1.47. The van der Waals surface area contributed by atoms with E-state index in [1.807, 2.05) is 0 Å². The first-order valence-corrected chi connectivity index (χ1v) is 11.9. The van der Waals surface area contributed by atoms with Gasteiger partial charge in [0.25, 0.3) is 0 Å². The lowest BCUT2D eigenvalue weighted by atomic mass is 11.9. The first-order valence-electron chi connectivity index (χ1n) is 3.96. The van der Waals surface area contributed by atoms with Crippen molar-refractivity contribution in [3.63, 3.8) is 0 Å².